The Hall–Kier alpha value is 0.354. The molecule has 0 aliphatic rings. The Labute approximate surface area is 179 Å². The molecule has 0 amide bonds. The number of aliphatic hydroxyl groups excluding tert-OH is 1. The van der Waals surface area contributed by atoms with Gasteiger partial charge in [-0.2, -0.15) is 0 Å². The van der Waals surface area contributed by atoms with E-state index in [4.69, 9.17) is 9.91 Å². The van der Waals surface area contributed by atoms with Crippen molar-refractivity contribution in [3.63, 3.8) is 0 Å². The summed E-state index contributed by atoms with van der Waals surface area (Å²) in [6.45, 7) is 20.6. The summed E-state index contributed by atoms with van der Waals surface area (Å²) in [6, 6.07) is 0. The van der Waals surface area contributed by atoms with Crippen molar-refractivity contribution < 1.29 is 15.0 Å². The van der Waals surface area contributed by atoms with Crippen LogP contribution in [0.3, 0.4) is 0 Å². The molecule has 0 radical (unpaired) electrons. The van der Waals surface area contributed by atoms with Gasteiger partial charge < -0.3 is 9.53 Å². The van der Waals surface area contributed by atoms with Crippen molar-refractivity contribution in [2.24, 2.45) is 0 Å². The standard InChI is InChI=1S/C23H52O2Si2/c1-10-21(24)22(26(5,6)7)19-17-15-13-11-12-14-16-18-20-25-27(8,9)23(2,3)4/h21-22,24H,10-20H2,1-9H3/t21-,22-/m1/s1/i11D2,12D2. The Bertz CT molecular complexity index is 515. The van der Waals surface area contributed by atoms with Gasteiger partial charge in [0.25, 0.3) is 0 Å². The van der Waals surface area contributed by atoms with Gasteiger partial charge in [-0.05, 0) is 36.5 Å². The van der Waals surface area contributed by atoms with Crippen LogP contribution in [0.2, 0.25) is 43.3 Å². The summed E-state index contributed by atoms with van der Waals surface area (Å²) >= 11 is 0. The molecule has 2 atom stereocenters. The number of rotatable bonds is 15. The first-order chi connectivity index (χ1) is 13.8. The summed E-state index contributed by atoms with van der Waals surface area (Å²) in [6.07, 6.45) is 1.14. The zero-order chi connectivity index (χ0) is 24.7. The lowest BCUT2D eigenvalue weighted by atomic mass is 10.0. The van der Waals surface area contributed by atoms with Crippen LogP contribution >= 0.6 is 0 Å². The molecule has 27 heavy (non-hydrogen) atoms. The van der Waals surface area contributed by atoms with Crippen LogP contribution in [-0.2, 0) is 4.43 Å². The average molecular weight is 421 g/mol. The van der Waals surface area contributed by atoms with Crippen LogP contribution in [0.25, 0.3) is 0 Å². The third-order valence-corrected chi connectivity index (χ3v) is 13.6. The van der Waals surface area contributed by atoms with Crippen LogP contribution < -0.4 is 0 Å². The van der Waals surface area contributed by atoms with Crippen LogP contribution in [0.1, 0.15) is 97.3 Å². The highest BCUT2D eigenvalue weighted by atomic mass is 28.4. The van der Waals surface area contributed by atoms with Gasteiger partial charge in [-0.15, -0.1) is 0 Å². The Morgan fingerprint density at radius 2 is 1.41 bits per heavy atom. The van der Waals surface area contributed by atoms with Crippen molar-refractivity contribution in [2.45, 2.75) is 141 Å². The maximum atomic E-state index is 10.4. The Kier molecular flexibility index (Phi) is 9.79. The van der Waals surface area contributed by atoms with E-state index in [0.29, 0.717) is 25.0 Å². The maximum absolute atomic E-state index is 10.4. The van der Waals surface area contributed by atoms with Gasteiger partial charge in [-0.25, -0.2) is 0 Å². The molecule has 4 heteroatoms. The van der Waals surface area contributed by atoms with Gasteiger partial charge in [0, 0.05) is 12.1 Å². The molecule has 0 bridgehead atoms. The average Bonchev–Trinajstić information content (AvgIpc) is 2.58. The van der Waals surface area contributed by atoms with E-state index in [9.17, 15) is 5.11 Å². The first-order valence-corrected chi connectivity index (χ1v) is 17.6. The third-order valence-electron chi connectivity index (χ3n) is 6.15. The smallest absolute Gasteiger partial charge is 0.191 e. The summed E-state index contributed by atoms with van der Waals surface area (Å²) in [5.74, 6) is 0. The van der Waals surface area contributed by atoms with E-state index in [1.165, 1.54) is 0 Å². The second kappa shape index (κ2) is 12.8. The van der Waals surface area contributed by atoms with E-state index in [0.717, 1.165) is 25.7 Å². The molecule has 2 nitrogen and oxygen atoms in total. The van der Waals surface area contributed by atoms with Gasteiger partial charge >= 0.3 is 0 Å². The first-order valence-electron chi connectivity index (χ1n) is 13.1. The predicted molar refractivity (Wildman–Crippen MR) is 128 cm³/mol. The summed E-state index contributed by atoms with van der Waals surface area (Å²) in [5.41, 5.74) is 0.320. The largest absolute Gasteiger partial charge is 0.417 e. The zero-order valence-corrected chi connectivity index (χ0v) is 21.9. The first kappa shape index (κ1) is 20.6. The van der Waals surface area contributed by atoms with Gasteiger partial charge in [-0.3, -0.25) is 0 Å². The molecule has 0 unspecified atom stereocenters. The van der Waals surface area contributed by atoms with E-state index in [-0.39, 0.29) is 24.0 Å². The van der Waals surface area contributed by atoms with Crippen molar-refractivity contribution in [1.82, 2.24) is 0 Å². The van der Waals surface area contributed by atoms with Crippen LogP contribution in [-0.4, -0.2) is 34.2 Å². The van der Waals surface area contributed by atoms with Crippen LogP contribution in [0, 0.1) is 0 Å². The minimum Gasteiger partial charge on any atom is -0.417 e. The number of hydrogen-bond acceptors (Lipinski definition) is 2. The summed E-state index contributed by atoms with van der Waals surface area (Å²) in [5, 5.41) is 10.5. The fourth-order valence-corrected chi connectivity index (χ4v) is 6.65. The summed E-state index contributed by atoms with van der Waals surface area (Å²) < 4.78 is 39.5. The predicted octanol–water partition coefficient (Wildman–Crippen LogP) is 8.00. The lowest BCUT2D eigenvalue weighted by Crippen LogP contribution is -2.40. The molecule has 0 aromatic carbocycles. The van der Waals surface area contributed by atoms with Gasteiger partial charge in [-0.1, -0.05) is 98.6 Å². The number of aliphatic hydroxyl groups is 1. The number of unbranched alkanes of at least 4 members (excludes halogenated alkanes) is 2. The molecule has 0 rings (SSSR count). The Balaban J connectivity index is 4.49. The highest BCUT2D eigenvalue weighted by molar-refractivity contribution is 6.77. The van der Waals surface area contributed by atoms with E-state index in [1.54, 1.807) is 0 Å². The van der Waals surface area contributed by atoms with E-state index in [1.807, 2.05) is 6.92 Å². The maximum Gasteiger partial charge on any atom is 0.191 e. The Morgan fingerprint density at radius 3 is 1.85 bits per heavy atom. The van der Waals surface area contributed by atoms with Gasteiger partial charge in [0.15, 0.2) is 8.32 Å². The molecule has 1 N–H and O–H groups in total. The van der Waals surface area contributed by atoms with Crippen molar-refractivity contribution in [1.29, 1.82) is 0 Å². The molecular formula is C23H52O2Si2. The van der Waals surface area contributed by atoms with Gasteiger partial charge in [0.1, 0.15) is 0 Å². The summed E-state index contributed by atoms with van der Waals surface area (Å²) in [4.78, 5) is 0. The molecule has 164 valence electrons. The van der Waals surface area contributed by atoms with E-state index >= 15 is 0 Å². The quantitative estimate of drug-likeness (QED) is 0.215. The van der Waals surface area contributed by atoms with Crippen molar-refractivity contribution in [3.8, 4) is 0 Å². The van der Waals surface area contributed by atoms with Crippen molar-refractivity contribution >= 4 is 16.4 Å². The van der Waals surface area contributed by atoms with Crippen LogP contribution in [0.4, 0.5) is 0 Å². The molecular weight excluding hydrogens is 364 g/mol. The van der Waals surface area contributed by atoms with E-state index in [2.05, 4.69) is 53.5 Å². The zero-order valence-electron chi connectivity index (χ0n) is 23.9. The van der Waals surface area contributed by atoms with Crippen LogP contribution in [0.5, 0.6) is 0 Å². The second-order valence-corrected chi connectivity index (χ2v) is 20.9. The highest BCUT2D eigenvalue weighted by Crippen LogP contribution is 2.36. The topological polar surface area (TPSA) is 29.5 Å². The lowest BCUT2D eigenvalue weighted by Gasteiger charge is -2.36. The van der Waals surface area contributed by atoms with Crippen molar-refractivity contribution in [3.05, 3.63) is 0 Å². The molecule has 0 fully saturated rings. The molecule has 0 heterocycles. The fourth-order valence-electron chi connectivity index (χ4n) is 3.10. The molecule has 0 saturated heterocycles. The van der Waals surface area contributed by atoms with E-state index < -0.39 is 29.1 Å². The van der Waals surface area contributed by atoms with Crippen molar-refractivity contribution in [2.75, 3.05) is 6.61 Å². The SMILES string of the molecule is [2H]C([2H])(CCCCO[Si](C)(C)C(C)(C)C)C([2H])([2H])CCCC[C@H]([C@H](O)CC)[Si](C)(C)C. The van der Waals surface area contributed by atoms with Gasteiger partial charge in [0.2, 0.25) is 0 Å². The molecule has 0 aliphatic heterocycles. The molecule has 0 spiro atoms. The van der Waals surface area contributed by atoms with Gasteiger partial charge in [0.05, 0.1) is 14.2 Å². The lowest BCUT2D eigenvalue weighted by molar-refractivity contribution is 0.153. The van der Waals surface area contributed by atoms with Crippen LogP contribution in [0.15, 0.2) is 0 Å². The fraction of sp³-hybridized carbons (Fsp3) is 1.00. The second-order valence-electron chi connectivity index (χ2n) is 10.6. The molecule has 0 aromatic heterocycles. The minimum absolute atomic E-state index is 0.167. The third kappa shape index (κ3) is 11.8. The summed E-state index contributed by atoms with van der Waals surface area (Å²) in [7, 11) is -3.26. The highest BCUT2D eigenvalue weighted by Gasteiger charge is 2.36. The Morgan fingerprint density at radius 1 is 0.889 bits per heavy atom. The normalized spacial score (nSPS) is 19.0. The molecule has 0 saturated carbocycles. The number of hydrogen-bond donors (Lipinski definition) is 1. The minimum atomic E-state index is -1.83. The molecule has 0 aliphatic carbocycles. The monoisotopic (exact) mass is 420 g/mol. The molecule has 0 aromatic rings.